The molecule has 0 amide bonds. The molecule has 5 aromatic rings. The molecule has 5 nitrogen and oxygen atoms in total. The lowest BCUT2D eigenvalue weighted by Crippen LogP contribution is -2.47. The first-order valence-corrected chi connectivity index (χ1v) is 12.3. The molecule has 3 aromatic carbocycles. The van der Waals surface area contributed by atoms with E-state index in [4.69, 9.17) is 10.1 Å². The van der Waals surface area contributed by atoms with Gasteiger partial charge in [-0.15, -0.1) is 0 Å². The van der Waals surface area contributed by atoms with Crippen LogP contribution in [0.25, 0.3) is 28.2 Å². The van der Waals surface area contributed by atoms with Crippen LogP contribution in [0.4, 0.5) is 15.9 Å². The summed E-state index contributed by atoms with van der Waals surface area (Å²) >= 11 is 0. The molecule has 0 unspecified atom stereocenters. The van der Waals surface area contributed by atoms with Crippen LogP contribution in [0.3, 0.4) is 0 Å². The zero-order valence-electron chi connectivity index (χ0n) is 20.5. The van der Waals surface area contributed by atoms with Gasteiger partial charge in [-0.05, 0) is 55.3 Å². The van der Waals surface area contributed by atoms with Gasteiger partial charge >= 0.3 is 0 Å². The molecular formula is C30H28FN5. The van der Waals surface area contributed by atoms with Crippen LogP contribution >= 0.6 is 0 Å². The van der Waals surface area contributed by atoms with Crippen molar-refractivity contribution < 1.29 is 4.39 Å². The zero-order chi connectivity index (χ0) is 24.6. The van der Waals surface area contributed by atoms with Crippen LogP contribution in [-0.2, 0) is 0 Å². The number of rotatable bonds is 4. The largest absolute Gasteiger partial charge is 0.368 e. The van der Waals surface area contributed by atoms with Crippen molar-refractivity contribution in [3.05, 3.63) is 102 Å². The van der Waals surface area contributed by atoms with Gasteiger partial charge in [-0.3, -0.25) is 0 Å². The van der Waals surface area contributed by atoms with Gasteiger partial charge in [0.05, 0.1) is 11.4 Å². The molecule has 0 radical (unpaired) electrons. The summed E-state index contributed by atoms with van der Waals surface area (Å²) in [6, 6.07) is 27.4. The molecule has 1 aliphatic rings. The minimum Gasteiger partial charge on any atom is -0.368 e. The maximum absolute atomic E-state index is 13.5. The monoisotopic (exact) mass is 477 g/mol. The summed E-state index contributed by atoms with van der Waals surface area (Å²) in [5.74, 6) is 0.766. The molecule has 1 fully saturated rings. The fourth-order valence-corrected chi connectivity index (χ4v) is 4.96. The van der Waals surface area contributed by atoms with Crippen LogP contribution in [0, 0.1) is 19.7 Å². The Kier molecular flexibility index (Phi) is 5.64. The van der Waals surface area contributed by atoms with E-state index in [1.54, 1.807) is 12.1 Å². The van der Waals surface area contributed by atoms with Crippen LogP contribution in [0.5, 0.6) is 0 Å². The molecule has 0 saturated carbocycles. The summed E-state index contributed by atoms with van der Waals surface area (Å²) in [5.41, 5.74) is 8.40. The highest BCUT2D eigenvalue weighted by molar-refractivity contribution is 5.71. The van der Waals surface area contributed by atoms with E-state index in [1.165, 1.54) is 28.9 Å². The SMILES string of the molecule is Cc1cccc(N2CCN(c3cc(-c4ccccc4)nc4cc(-c5ccc(F)cc5)nn34)CC2)c1C. The standard InChI is InChI=1S/C30H28FN5/c1-21-7-6-10-28(22(21)2)34-15-17-35(18-16-34)30-20-26(23-8-4-3-5-9-23)32-29-19-27(33-36(29)30)24-11-13-25(31)14-12-24/h3-14,19-20H,15-18H2,1-2H3. The number of halogens is 1. The Bertz CT molecular complexity index is 1520. The molecule has 6 rings (SSSR count). The van der Waals surface area contributed by atoms with E-state index in [-0.39, 0.29) is 5.82 Å². The summed E-state index contributed by atoms with van der Waals surface area (Å²) in [6.07, 6.45) is 0. The normalized spacial score (nSPS) is 14.0. The molecule has 0 aliphatic carbocycles. The Balaban J connectivity index is 1.38. The van der Waals surface area contributed by atoms with Crippen molar-refractivity contribution >= 4 is 17.2 Å². The van der Waals surface area contributed by atoms with Crippen LogP contribution in [0.2, 0.25) is 0 Å². The molecule has 0 N–H and O–H groups in total. The van der Waals surface area contributed by atoms with Crippen LogP contribution in [0.15, 0.2) is 84.9 Å². The Morgan fingerprint density at radius 3 is 2.14 bits per heavy atom. The van der Waals surface area contributed by atoms with Crippen LogP contribution < -0.4 is 9.80 Å². The Hall–Kier alpha value is -4.19. The fourth-order valence-electron chi connectivity index (χ4n) is 4.96. The number of fused-ring (bicyclic) bond motifs is 1. The highest BCUT2D eigenvalue weighted by Gasteiger charge is 2.23. The molecule has 0 spiro atoms. The van der Waals surface area contributed by atoms with E-state index >= 15 is 0 Å². The van der Waals surface area contributed by atoms with Crippen molar-refractivity contribution in [2.75, 3.05) is 36.0 Å². The van der Waals surface area contributed by atoms with E-state index in [2.05, 4.69) is 60.0 Å². The Morgan fingerprint density at radius 2 is 1.39 bits per heavy atom. The topological polar surface area (TPSA) is 36.7 Å². The number of piperazine rings is 1. The van der Waals surface area contributed by atoms with E-state index < -0.39 is 0 Å². The quantitative estimate of drug-likeness (QED) is 0.311. The zero-order valence-corrected chi connectivity index (χ0v) is 20.5. The molecule has 2 aromatic heterocycles. The number of aromatic nitrogens is 3. The smallest absolute Gasteiger partial charge is 0.158 e. The second-order valence-corrected chi connectivity index (χ2v) is 9.37. The van der Waals surface area contributed by atoms with Crippen molar-refractivity contribution in [2.45, 2.75) is 13.8 Å². The third-order valence-corrected chi connectivity index (χ3v) is 7.14. The maximum Gasteiger partial charge on any atom is 0.158 e. The molecule has 6 heteroatoms. The van der Waals surface area contributed by atoms with Crippen molar-refractivity contribution in [1.29, 1.82) is 0 Å². The number of nitrogens with zero attached hydrogens (tertiary/aromatic N) is 5. The fraction of sp³-hybridized carbons (Fsp3) is 0.200. The molecule has 1 aliphatic heterocycles. The van der Waals surface area contributed by atoms with Crippen molar-refractivity contribution in [1.82, 2.24) is 14.6 Å². The third-order valence-electron chi connectivity index (χ3n) is 7.14. The summed E-state index contributed by atoms with van der Waals surface area (Å²) in [7, 11) is 0. The minimum absolute atomic E-state index is 0.255. The molecule has 36 heavy (non-hydrogen) atoms. The number of benzene rings is 3. The summed E-state index contributed by atoms with van der Waals surface area (Å²) < 4.78 is 15.4. The second-order valence-electron chi connectivity index (χ2n) is 9.37. The summed E-state index contributed by atoms with van der Waals surface area (Å²) in [6.45, 7) is 8.00. The lowest BCUT2D eigenvalue weighted by Gasteiger charge is -2.38. The third kappa shape index (κ3) is 4.09. The summed E-state index contributed by atoms with van der Waals surface area (Å²) in [4.78, 5) is 9.81. The predicted molar refractivity (Wildman–Crippen MR) is 144 cm³/mol. The van der Waals surface area contributed by atoms with E-state index in [1.807, 2.05) is 28.8 Å². The molecule has 0 atom stereocenters. The van der Waals surface area contributed by atoms with Gasteiger partial charge in [-0.25, -0.2) is 9.37 Å². The minimum atomic E-state index is -0.255. The van der Waals surface area contributed by atoms with Gasteiger partial charge in [0.1, 0.15) is 11.6 Å². The van der Waals surface area contributed by atoms with Gasteiger partial charge in [0.2, 0.25) is 0 Å². The molecular weight excluding hydrogens is 449 g/mol. The number of hydrogen-bond donors (Lipinski definition) is 0. The highest BCUT2D eigenvalue weighted by atomic mass is 19.1. The van der Waals surface area contributed by atoms with Crippen LogP contribution in [0.1, 0.15) is 11.1 Å². The van der Waals surface area contributed by atoms with E-state index in [9.17, 15) is 4.39 Å². The van der Waals surface area contributed by atoms with E-state index in [0.717, 1.165) is 60.2 Å². The predicted octanol–water partition coefficient (Wildman–Crippen LogP) is 6.15. The van der Waals surface area contributed by atoms with Crippen molar-refractivity contribution in [3.8, 4) is 22.5 Å². The number of hydrogen-bond acceptors (Lipinski definition) is 4. The van der Waals surface area contributed by atoms with E-state index in [0.29, 0.717) is 0 Å². The lowest BCUT2D eigenvalue weighted by molar-refractivity contribution is 0.628. The first-order chi connectivity index (χ1) is 17.6. The Labute approximate surface area is 210 Å². The number of anilines is 2. The van der Waals surface area contributed by atoms with Gasteiger partial charge in [0.25, 0.3) is 0 Å². The van der Waals surface area contributed by atoms with Gasteiger partial charge in [0.15, 0.2) is 5.65 Å². The maximum atomic E-state index is 13.5. The van der Waals surface area contributed by atoms with Crippen molar-refractivity contribution in [2.24, 2.45) is 0 Å². The Morgan fingerprint density at radius 1 is 0.694 bits per heavy atom. The molecule has 0 bridgehead atoms. The summed E-state index contributed by atoms with van der Waals surface area (Å²) in [5, 5.41) is 4.90. The highest BCUT2D eigenvalue weighted by Crippen LogP contribution is 2.30. The van der Waals surface area contributed by atoms with Gasteiger partial charge < -0.3 is 9.80 Å². The average molecular weight is 478 g/mol. The van der Waals surface area contributed by atoms with Crippen LogP contribution in [-0.4, -0.2) is 40.8 Å². The van der Waals surface area contributed by atoms with Gasteiger partial charge in [0, 0.05) is 55.1 Å². The number of aryl methyl sites for hydroxylation is 1. The molecule has 3 heterocycles. The van der Waals surface area contributed by atoms with Crippen molar-refractivity contribution in [3.63, 3.8) is 0 Å². The lowest BCUT2D eigenvalue weighted by atomic mass is 10.1. The van der Waals surface area contributed by atoms with Gasteiger partial charge in [-0.1, -0.05) is 42.5 Å². The molecule has 1 saturated heterocycles. The first-order valence-electron chi connectivity index (χ1n) is 12.3. The first kappa shape index (κ1) is 22.3. The molecule has 180 valence electrons. The van der Waals surface area contributed by atoms with Gasteiger partial charge in [-0.2, -0.15) is 9.61 Å². The average Bonchev–Trinajstić information content (AvgIpc) is 3.35. The second kappa shape index (κ2) is 9.11.